The van der Waals surface area contributed by atoms with Crippen LogP contribution >= 0.6 is 31.9 Å². The molecule has 8 heteroatoms. The monoisotopic (exact) mass is 456 g/mol. The maximum absolute atomic E-state index is 12.4. The van der Waals surface area contributed by atoms with Crippen LogP contribution in [0.15, 0.2) is 45.3 Å². The third kappa shape index (κ3) is 3.77. The van der Waals surface area contributed by atoms with Gasteiger partial charge in [-0.05, 0) is 68.3 Å². The molecule has 0 heterocycles. The summed E-state index contributed by atoms with van der Waals surface area (Å²) in [4.78, 5) is 24.9. The summed E-state index contributed by atoms with van der Waals surface area (Å²) in [7, 11) is 2.96. The van der Waals surface area contributed by atoms with Crippen molar-refractivity contribution in [3.63, 3.8) is 0 Å². The highest BCUT2D eigenvalue weighted by molar-refractivity contribution is 9.10. The number of rotatable bonds is 4. The molecule has 0 radical (unpaired) electrons. The van der Waals surface area contributed by atoms with Gasteiger partial charge in [0.25, 0.3) is 11.8 Å². The first-order chi connectivity index (χ1) is 11.4. The van der Waals surface area contributed by atoms with Gasteiger partial charge in [-0.15, -0.1) is 0 Å². The lowest BCUT2D eigenvalue weighted by molar-refractivity contribution is 0.0615. The van der Waals surface area contributed by atoms with Crippen molar-refractivity contribution < 1.29 is 19.1 Å². The fourth-order valence-corrected chi connectivity index (χ4v) is 2.77. The van der Waals surface area contributed by atoms with Gasteiger partial charge in [-0.25, -0.2) is 10.9 Å². The topological polar surface area (TPSA) is 81.9 Å². The van der Waals surface area contributed by atoms with Crippen LogP contribution in [0.25, 0.3) is 0 Å². The number of hydrogen-bond acceptors (Lipinski definition) is 5. The molecule has 2 amide bonds. The predicted molar refractivity (Wildman–Crippen MR) is 96.1 cm³/mol. The number of hydrogen-bond donors (Lipinski definition) is 1. The third-order valence-corrected chi connectivity index (χ3v) is 4.54. The van der Waals surface area contributed by atoms with Crippen LogP contribution < -0.4 is 15.3 Å². The molecular formula is C16H14Br2N2O4. The molecule has 0 saturated carbocycles. The fraction of sp³-hybridized carbons (Fsp3) is 0.125. The molecule has 0 spiro atoms. The number of carbonyl (C=O) groups is 2. The van der Waals surface area contributed by atoms with E-state index in [1.807, 2.05) is 0 Å². The highest BCUT2D eigenvalue weighted by atomic mass is 79.9. The highest BCUT2D eigenvalue weighted by Crippen LogP contribution is 2.27. The summed E-state index contributed by atoms with van der Waals surface area (Å²) in [5.74, 6) is 5.35. The van der Waals surface area contributed by atoms with Crippen molar-refractivity contribution in [2.45, 2.75) is 0 Å². The summed E-state index contributed by atoms with van der Waals surface area (Å²) in [5.41, 5.74) is 0.463. The number of carbonyl (C=O) groups excluding carboxylic acids is 2. The maximum atomic E-state index is 12.4. The van der Waals surface area contributed by atoms with Gasteiger partial charge >= 0.3 is 0 Å². The Morgan fingerprint density at radius 2 is 1.25 bits per heavy atom. The van der Waals surface area contributed by atoms with E-state index in [2.05, 4.69) is 31.9 Å². The van der Waals surface area contributed by atoms with Crippen LogP contribution in [-0.2, 0) is 0 Å². The standard InChI is InChI=1S/C16H14Br2N2O4/c1-23-13-7-9(3-5-11(13)17)15(21)20(19)16(22)10-4-6-12(18)14(8-10)24-2/h3-8H,19H2,1-2H3. The second kappa shape index (κ2) is 7.78. The molecule has 2 aromatic rings. The van der Waals surface area contributed by atoms with Crippen LogP contribution in [0.1, 0.15) is 20.7 Å². The van der Waals surface area contributed by atoms with Crippen molar-refractivity contribution in [1.29, 1.82) is 0 Å². The van der Waals surface area contributed by atoms with Crippen LogP contribution in [0.4, 0.5) is 0 Å². The number of nitrogens with zero attached hydrogens (tertiary/aromatic N) is 1. The Balaban J connectivity index is 2.28. The van der Waals surface area contributed by atoms with Crippen LogP contribution in [0, 0.1) is 0 Å². The normalized spacial score (nSPS) is 10.2. The molecule has 126 valence electrons. The summed E-state index contributed by atoms with van der Waals surface area (Å²) in [5, 5.41) is 0.561. The van der Waals surface area contributed by atoms with Crippen molar-refractivity contribution in [3.8, 4) is 11.5 Å². The van der Waals surface area contributed by atoms with E-state index in [0.29, 0.717) is 25.5 Å². The number of amides is 2. The lowest BCUT2D eigenvalue weighted by Crippen LogP contribution is -2.42. The van der Waals surface area contributed by atoms with Gasteiger partial charge in [-0.1, -0.05) is 0 Å². The molecule has 6 nitrogen and oxygen atoms in total. The number of ether oxygens (including phenoxy) is 2. The van der Waals surface area contributed by atoms with Gasteiger partial charge in [-0.3, -0.25) is 9.59 Å². The number of benzene rings is 2. The van der Waals surface area contributed by atoms with E-state index < -0.39 is 11.8 Å². The third-order valence-electron chi connectivity index (χ3n) is 3.23. The first-order valence-corrected chi connectivity index (χ1v) is 8.28. The van der Waals surface area contributed by atoms with E-state index >= 15 is 0 Å². The Morgan fingerprint density at radius 3 is 1.58 bits per heavy atom. The summed E-state index contributed by atoms with van der Waals surface area (Å²) < 4.78 is 11.7. The van der Waals surface area contributed by atoms with Crippen LogP contribution in [0.3, 0.4) is 0 Å². The first kappa shape index (κ1) is 18.4. The quantitative estimate of drug-likeness (QED) is 0.329. The summed E-state index contributed by atoms with van der Waals surface area (Å²) >= 11 is 6.60. The Morgan fingerprint density at radius 1 is 0.875 bits per heavy atom. The Kier molecular flexibility index (Phi) is 5.98. The summed E-state index contributed by atoms with van der Waals surface area (Å²) in [6.45, 7) is 0. The minimum absolute atomic E-state index is 0.231. The minimum atomic E-state index is -0.646. The van der Waals surface area contributed by atoms with E-state index in [1.165, 1.54) is 26.4 Å². The number of methoxy groups -OCH3 is 2. The Hall–Kier alpha value is -1.90. The zero-order valence-corrected chi connectivity index (χ0v) is 16.0. The van der Waals surface area contributed by atoms with Gasteiger partial charge in [0.1, 0.15) is 11.5 Å². The molecule has 2 aromatic carbocycles. The SMILES string of the molecule is COc1cc(C(=O)N(N)C(=O)c2ccc(Br)c(OC)c2)ccc1Br. The van der Waals surface area contributed by atoms with Gasteiger partial charge in [0.05, 0.1) is 23.2 Å². The Bertz CT molecular complexity index is 730. The number of halogens is 2. The predicted octanol–water partition coefficient (Wildman–Crippen LogP) is 3.39. The molecule has 0 aliphatic carbocycles. The molecular weight excluding hydrogens is 444 g/mol. The van der Waals surface area contributed by atoms with E-state index in [0.717, 1.165) is 0 Å². The summed E-state index contributed by atoms with van der Waals surface area (Å²) in [6.07, 6.45) is 0. The molecule has 0 aliphatic heterocycles. The zero-order valence-electron chi connectivity index (χ0n) is 12.9. The smallest absolute Gasteiger partial charge is 0.275 e. The summed E-state index contributed by atoms with van der Waals surface area (Å²) in [6, 6.07) is 9.39. The number of imide groups is 1. The maximum Gasteiger partial charge on any atom is 0.275 e. The molecule has 0 saturated heterocycles. The van der Waals surface area contributed by atoms with Gasteiger partial charge < -0.3 is 9.47 Å². The molecule has 0 fully saturated rings. The van der Waals surface area contributed by atoms with Crippen LogP contribution in [0.5, 0.6) is 11.5 Å². The molecule has 0 aromatic heterocycles. The van der Waals surface area contributed by atoms with Crippen molar-refractivity contribution in [2.24, 2.45) is 5.84 Å². The molecule has 2 N–H and O–H groups in total. The highest BCUT2D eigenvalue weighted by Gasteiger charge is 2.22. The second-order valence-corrected chi connectivity index (χ2v) is 6.39. The van der Waals surface area contributed by atoms with Crippen molar-refractivity contribution in [3.05, 3.63) is 56.5 Å². The molecule has 0 unspecified atom stereocenters. The molecule has 2 rings (SSSR count). The molecule has 24 heavy (non-hydrogen) atoms. The van der Waals surface area contributed by atoms with Crippen molar-refractivity contribution in [1.82, 2.24) is 5.01 Å². The average molecular weight is 458 g/mol. The van der Waals surface area contributed by atoms with E-state index in [4.69, 9.17) is 15.3 Å². The first-order valence-electron chi connectivity index (χ1n) is 6.69. The largest absolute Gasteiger partial charge is 0.496 e. The minimum Gasteiger partial charge on any atom is -0.496 e. The molecule has 0 aliphatic rings. The van der Waals surface area contributed by atoms with Crippen molar-refractivity contribution in [2.75, 3.05) is 14.2 Å². The van der Waals surface area contributed by atoms with Gasteiger partial charge in [0.2, 0.25) is 0 Å². The number of hydrazine groups is 1. The van der Waals surface area contributed by atoms with Gasteiger partial charge in [-0.2, -0.15) is 0 Å². The van der Waals surface area contributed by atoms with E-state index in [9.17, 15) is 9.59 Å². The van der Waals surface area contributed by atoms with E-state index in [-0.39, 0.29) is 11.1 Å². The van der Waals surface area contributed by atoms with Crippen molar-refractivity contribution >= 4 is 43.7 Å². The van der Waals surface area contributed by atoms with Gasteiger partial charge in [0, 0.05) is 11.1 Å². The zero-order chi connectivity index (χ0) is 17.9. The lowest BCUT2D eigenvalue weighted by atomic mass is 10.1. The fourth-order valence-electron chi connectivity index (χ4n) is 1.96. The Labute approximate surface area is 155 Å². The molecule has 0 atom stereocenters. The van der Waals surface area contributed by atoms with E-state index in [1.54, 1.807) is 24.3 Å². The second-order valence-electron chi connectivity index (χ2n) is 4.68. The number of nitrogens with two attached hydrogens (primary N) is 1. The van der Waals surface area contributed by atoms with Crippen LogP contribution in [-0.4, -0.2) is 31.0 Å². The van der Waals surface area contributed by atoms with Crippen LogP contribution in [0.2, 0.25) is 0 Å². The average Bonchev–Trinajstić information content (AvgIpc) is 2.60. The van der Waals surface area contributed by atoms with Gasteiger partial charge in [0.15, 0.2) is 0 Å². The lowest BCUT2D eigenvalue weighted by Gasteiger charge is -2.16. The molecule has 0 bridgehead atoms.